The van der Waals surface area contributed by atoms with Gasteiger partial charge in [0.05, 0.1) is 11.9 Å². The summed E-state index contributed by atoms with van der Waals surface area (Å²) in [6.45, 7) is 0.885. The van der Waals surface area contributed by atoms with E-state index >= 15 is 0 Å². The fourth-order valence-corrected chi connectivity index (χ4v) is 3.04. The molecule has 4 rings (SSSR count). The molecule has 0 saturated carbocycles. The third-order valence-electron chi connectivity index (χ3n) is 3.19. The zero-order valence-electron chi connectivity index (χ0n) is 10.7. The number of nitrogens with zero attached hydrogens (tertiary/aromatic N) is 4. The van der Waals surface area contributed by atoms with Crippen LogP contribution in [0, 0.1) is 0 Å². The van der Waals surface area contributed by atoms with Crippen LogP contribution in [0.25, 0.3) is 16.9 Å². The minimum atomic E-state index is 0.856. The Kier molecular flexibility index (Phi) is 2.77. The average Bonchev–Trinajstić information content (AvgIpc) is 3.16. The van der Waals surface area contributed by atoms with Crippen LogP contribution in [0.5, 0.6) is 0 Å². The molecule has 20 heavy (non-hydrogen) atoms. The standard InChI is InChI=1S/C15H12N4S/c1-2-4-11(5-3-1)12-6-7-14-17-13(10-19(14)18-12)15-16-8-9-20-15/h1-7,10H,8-9H2. The summed E-state index contributed by atoms with van der Waals surface area (Å²) < 4.78 is 1.83. The highest BCUT2D eigenvalue weighted by molar-refractivity contribution is 8.14. The van der Waals surface area contributed by atoms with Gasteiger partial charge in [0.2, 0.25) is 0 Å². The van der Waals surface area contributed by atoms with E-state index in [4.69, 9.17) is 0 Å². The number of benzene rings is 1. The molecule has 0 amide bonds. The van der Waals surface area contributed by atoms with Crippen LogP contribution in [-0.4, -0.2) is 31.9 Å². The second-order valence-corrected chi connectivity index (χ2v) is 5.63. The van der Waals surface area contributed by atoms with Crippen molar-refractivity contribution in [3.05, 3.63) is 54.4 Å². The molecule has 3 heterocycles. The molecule has 2 aromatic heterocycles. The summed E-state index contributed by atoms with van der Waals surface area (Å²) >= 11 is 1.76. The van der Waals surface area contributed by atoms with Crippen molar-refractivity contribution in [3.63, 3.8) is 0 Å². The number of hydrogen-bond donors (Lipinski definition) is 0. The predicted octanol–water partition coefficient (Wildman–Crippen LogP) is 2.89. The van der Waals surface area contributed by atoms with Crippen molar-refractivity contribution in [1.29, 1.82) is 0 Å². The van der Waals surface area contributed by atoms with E-state index in [0.717, 1.165) is 39.9 Å². The second-order valence-electron chi connectivity index (χ2n) is 4.55. The van der Waals surface area contributed by atoms with Crippen molar-refractivity contribution in [2.24, 2.45) is 4.99 Å². The van der Waals surface area contributed by atoms with Crippen LogP contribution in [0.15, 0.2) is 53.7 Å². The van der Waals surface area contributed by atoms with Crippen molar-refractivity contribution in [1.82, 2.24) is 14.6 Å². The highest BCUT2D eigenvalue weighted by atomic mass is 32.2. The quantitative estimate of drug-likeness (QED) is 0.725. The van der Waals surface area contributed by atoms with E-state index in [9.17, 15) is 0 Å². The molecule has 0 bridgehead atoms. The van der Waals surface area contributed by atoms with E-state index in [1.54, 1.807) is 11.8 Å². The topological polar surface area (TPSA) is 42.5 Å². The fourth-order valence-electron chi connectivity index (χ4n) is 2.24. The van der Waals surface area contributed by atoms with Gasteiger partial charge in [-0.3, -0.25) is 4.99 Å². The Morgan fingerprint density at radius 1 is 1.00 bits per heavy atom. The lowest BCUT2D eigenvalue weighted by molar-refractivity contribution is 0.942. The average molecular weight is 280 g/mol. The Morgan fingerprint density at radius 2 is 1.90 bits per heavy atom. The van der Waals surface area contributed by atoms with Crippen LogP contribution < -0.4 is 0 Å². The normalized spacial score (nSPS) is 14.7. The maximum atomic E-state index is 4.63. The van der Waals surface area contributed by atoms with Gasteiger partial charge >= 0.3 is 0 Å². The van der Waals surface area contributed by atoms with E-state index in [1.165, 1.54) is 0 Å². The van der Waals surface area contributed by atoms with Crippen molar-refractivity contribution in [2.75, 3.05) is 12.3 Å². The molecule has 0 spiro atoms. The Hall–Kier alpha value is -2.14. The third kappa shape index (κ3) is 2.00. The van der Waals surface area contributed by atoms with Gasteiger partial charge in [0.25, 0.3) is 0 Å². The molecular weight excluding hydrogens is 268 g/mol. The minimum Gasteiger partial charge on any atom is -0.275 e. The first-order valence-corrected chi connectivity index (χ1v) is 7.48. The Morgan fingerprint density at radius 3 is 2.70 bits per heavy atom. The molecule has 0 fully saturated rings. The Bertz CT molecular complexity index is 792. The predicted molar refractivity (Wildman–Crippen MR) is 82.3 cm³/mol. The van der Waals surface area contributed by atoms with Crippen LogP contribution in [0.4, 0.5) is 0 Å². The SMILES string of the molecule is c1ccc(-c2ccc3nc(C4=NCCS4)cn3n2)cc1. The lowest BCUT2D eigenvalue weighted by Crippen LogP contribution is -1.93. The molecule has 0 N–H and O–H groups in total. The van der Waals surface area contributed by atoms with E-state index < -0.39 is 0 Å². The van der Waals surface area contributed by atoms with Gasteiger partial charge in [-0.05, 0) is 12.1 Å². The van der Waals surface area contributed by atoms with Crippen LogP contribution in [0.3, 0.4) is 0 Å². The first-order chi connectivity index (χ1) is 9.90. The molecule has 0 unspecified atom stereocenters. The summed E-state index contributed by atoms with van der Waals surface area (Å²) in [5, 5.41) is 5.65. The number of aliphatic imine (C=N–C) groups is 1. The van der Waals surface area contributed by atoms with Gasteiger partial charge in [-0.2, -0.15) is 5.10 Å². The summed E-state index contributed by atoms with van der Waals surface area (Å²) in [6.07, 6.45) is 1.96. The highest BCUT2D eigenvalue weighted by Gasteiger charge is 2.14. The van der Waals surface area contributed by atoms with E-state index in [1.807, 2.05) is 41.0 Å². The van der Waals surface area contributed by atoms with Gasteiger partial charge in [-0.15, -0.1) is 11.8 Å². The number of hydrogen-bond acceptors (Lipinski definition) is 4. The Balaban J connectivity index is 1.80. The van der Waals surface area contributed by atoms with Crippen molar-refractivity contribution >= 4 is 22.5 Å². The first kappa shape index (κ1) is 11.7. The molecular formula is C15H12N4S. The third-order valence-corrected chi connectivity index (χ3v) is 4.19. The maximum Gasteiger partial charge on any atom is 0.154 e. The van der Waals surface area contributed by atoms with Crippen LogP contribution in [0.1, 0.15) is 5.69 Å². The number of aromatic nitrogens is 3. The van der Waals surface area contributed by atoms with Gasteiger partial charge in [0.1, 0.15) is 10.7 Å². The first-order valence-electron chi connectivity index (χ1n) is 6.50. The zero-order valence-corrected chi connectivity index (χ0v) is 11.5. The molecule has 0 aliphatic carbocycles. The van der Waals surface area contributed by atoms with Crippen molar-refractivity contribution in [3.8, 4) is 11.3 Å². The lowest BCUT2D eigenvalue weighted by atomic mass is 10.1. The second kappa shape index (κ2) is 4.76. The maximum absolute atomic E-state index is 4.63. The largest absolute Gasteiger partial charge is 0.275 e. The summed E-state index contributed by atoms with van der Waals surface area (Å²) in [4.78, 5) is 9.04. The van der Waals surface area contributed by atoms with Gasteiger partial charge in [0, 0.05) is 17.9 Å². The lowest BCUT2D eigenvalue weighted by Gasteiger charge is -2.00. The van der Waals surface area contributed by atoms with Crippen LogP contribution in [0.2, 0.25) is 0 Å². The highest BCUT2D eigenvalue weighted by Crippen LogP contribution is 2.20. The van der Waals surface area contributed by atoms with Gasteiger partial charge < -0.3 is 0 Å². The smallest absolute Gasteiger partial charge is 0.154 e. The molecule has 0 radical (unpaired) electrons. The van der Waals surface area contributed by atoms with Crippen molar-refractivity contribution < 1.29 is 0 Å². The molecule has 4 nitrogen and oxygen atoms in total. The number of imidazole rings is 1. The van der Waals surface area contributed by atoms with Crippen LogP contribution in [-0.2, 0) is 0 Å². The summed E-state index contributed by atoms with van der Waals surface area (Å²) in [7, 11) is 0. The summed E-state index contributed by atoms with van der Waals surface area (Å²) in [5.41, 5.74) is 3.83. The molecule has 0 saturated heterocycles. The van der Waals surface area contributed by atoms with E-state index in [0.29, 0.717) is 0 Å². The van der Waals surface area contributed by atoms with E-state index in [2.05, 4.69) is 27.2 Å². The fraction of sp³-hybridized carbons (Fsp3) is 0.133. The van der Waals surface area contributed by atoms with Crippen molar-refractivity contribution in [2.45, 2.75) is 0 Å². The van der Waals surface area contributed by atoms with Crippen LogP contribution >= 0.6 is 11.8 Å². The Labute approximate surface area is 120 Å². The summed E-state index contributed by atoms with van der Waals surface area (Å²) in [5.74, 6) is 1.05. The van der Waals surface area contributed by atoms with Gasteiger partial charge in [0.15, 0.2) is 5.65 Å². The van der Waals surface area contributed by atoms with Gasteiger partial charge in [-0.25, -0.2) is 9.50 Å². The monoisotopic (exact) mass is 280 g/mol. The molecule has 0 atom stereocenters. The number of fused-ring (bicyclic) bond motifs is 1. The van der Waals surface area contributed by atoms with E-state index in [-0.39, 0.29) is 0 Å². The zero-order chi connectivity index (χ0) is 13.4. The number of thioether (sulfide) groups is 1. The molecule has 3 aromatic rings. The minimum absolute atomic E-state index is 0.856. The molecule has 5 heteroatoms. The number of rotatable bonds is 2. The molecule has 1 aliphatic heterocycles. The molecule has 1 aromatic carbocycles. The van der Waals surface area contributed by atoms with Gasteiger partial charge in [-0.1, -0.05) is 30.3 Å². The molecule has 1 aliphatic rings. The molecule has 98 valence electrons. The summed E-state index contributed by atoms with van der Waals surface area (Å²) in [6, 6.07) is 14.2.